The Morgan fingerprint density at radius 2 is 1.32 bits per heavy atom. The Balaban J connectivity index is 4.47. The highest BCUT2D eigenvalue weighted by molar-refractivity contribution is 7.47. The van der Waals surface area contributed by atoms with Gasteiger partial charge in [-0.1, -0.05) is 77.4 Å². The van der Waals surface area contributed by atoms with Crippen molar-refractivity contribution in [2.45, 2.75) is 122 Å². The van der Waals surface area contributed by atoms with Crippen molar-refractivity contribution >= 4 is 19.8 Å². The van der Waals surface area contributed by atoms with Crippen LogP contribution in [-0.4, -0.2) is 65.7 Å². The van der Waals surface area contributed by atoms with Crippen LogP contribution in [0.2, 0.25) is 0 Å². The molecule has 0 radical (unpaired) electrons. The first kappa shape index (κ1) is 36.7. The van der Waals surface area contributed by atoms with Crippen LogP contribution in [0.15, 0.2) is 12.2 Å². The van der Waals surface area contributed by atoms with Crippen molar-refractivity contribution in [3.8, 4) is 0 Å². The molecule has 224 valence electrons. The zero-order valence-electron chi connectivity index (χ0n) is 23.4. The van der Waals surface area contributed by atoms with Crippen LogP contribution in [0.5, 0.6) is 0 Å². The van der Waals surface area contributed by atoms with Gasteiger partial charge in [0, 0.05) is 12.8 Å². The largest absolute Gasteiger partial charge is 0.472 e. The van der Waals surface area contributed by atoms with Crippen LogP contribution in [-0.2, 0) is 32.7 Å². The van der Waals surface area contributed by atoms with Crippen LogP contribution in [0.1, 0.15) is 110 Å². The number of hydrogen-bond donors (Lipinski definition) is 3. The van der Waals surface area contributed by atoms with Gasteiger partial charge in [-0.3, -0.25) is 18.6 Å². The number of esters is 2. The predicted octanol–water partition coefficient (Wildman–Crippen LogP) is 5.38. The Hall–Kier alpha value is -1.29. The molecule has 0 aliphatic rings. The molecule has 0 aromatic carbocycles. The third-order valence-electron chi connectivity index (χ3n) is 5.67. The summed E-state index contributed by atoms with van der Waals surface area (Å²) in [5.41, 5.74) is 0. The average molecular weight is 567 g/mol. The molecule has 10 nitrogen and oxygen atoms in total. The molecule has 0 aromatic rings. The quantitative estimate of drug-likeness (QED) is 0.0539. The summed E-state index contributed by atoms with van der Waals surface area (Å²) in [6.45, 7) is 2.13. The third kappa shape index (κ3) is 23.8. The lowest BCUT2D eigenvalue weighted by Gasteiger charge is -2.20. The van der Waals surface area contributed by atoms with E-state index in [9.17, 15) is 24.2 Å². The summed E-state index contributed by atoms with van der Waals surface area (Å²) in [6, 6.07) is 0. The van der Waals surface area contributed by atoms with Crippen molar-refractivity contribution in [3.05, 3.63) is 12.2 Å². The van der Waals surface area contributed by atoms with E-state index in [1.807, 2.05) is 0 Å². The number of carbonyl (C=O) groups is 2. The molecule has 0 spiro atoms. The molecule has 0 saturated heterocycles. The van der Waals surface area contributed by atoms with Gasteiger partial charge >= 0.3 is 19.8 Å². The monoisotopic (exact) mass is 566 g/mol. The SMILES string of the molecule is CCCC/C=C\CCCCCCCC(=O)OC(COC(=O)CCCCCC)COP(=O)(O)OCC(O)CO. The molecule has 0 rings (SSSR count). The van der Waals surface area contributed by atoms with Crippen LogP contribution in [0.4, 0.5) is 0 Å². The number of unbranched alkanes of at least 4 members (excludes halogenated alkanes) is 10. The van der Waals surface area contributed by atoms with Crippen LogP contribution in [0, 0.1) is 0 Å². The molecule has 0 fully saturated rings. The Labute approximate surface area is 228 Å². The number of phosphoric ester groups is 1. The second kappa shape index (κ2) is 24.7. The predicted molar refractivity (Wildman–Crippen MR) is 145 cm³/mol. The molecule has 0 saturated carbocycles. The fourth-order valence-electron chi connectivity index (χ4n) is 3.38. The first-order valence-electron chi connectivity index (χ1n) is 14.1. The van der Waals surface area contributed by atoms with Crippen molar-refractivity contribution in [2.75, 3.05) is 26.4 Å². The number of rotatable bonds is 26. The fourth-order valence-corrected chi connectivity index (χ4v) is 4.17. The summed E-state index contributed by atoms with van der Waals surface area (Å²) in [6.07, 6.45) is 15.5. The minimum absolute atomic E-state index is 0.175. The van der Waals surface area contributed by atoms with Crippen molar-refractivity contribution in [2.24, 2.45) is 0 Å². The molecule has 3 atom stereocenters. The molecule has 3 unspecified atom stereocenters. The van der Waals surface area contributed by atoms with E-state index in [0.717, 1.165) is 57.8 Å². The number of hydrogen-bond acceptors (Lipinski definition) is 9. The van der Waals surface area contributed by atoms with Crippen molar-refractivity contribution in [1.82, 2.24) is 0 Å². The second-order valence-corrected chi connectivity index (χ2v) is 10.9. The molecule has 0 aliphatic heterocycles. The van der Waals surface area contributed by atoms with Crippen molar-refractivity contribution < 1.29 is 47.8 Å². The fraction of sp³-hybridized carbons (Fsp3) is 0.852. The summed E-state index contributed by atoms with van der Waals surface area (Å²) >= 11 is 0. The van der Waals surface area contributed by atoms with E-state index >= 15 is 0 Å². The van der Waals surface area contributed by atoms with Gasteiger partial charge in [-0.25, -0.2) is 4.57 Å². The third-order valence-corrected chi connectivity index (χ3v) is 6.62. The molecule has 0 bridgehead atoms. The summed E-state index contributed by atoms with van der Waals surface area (Å²) in [5, 5.41) is 18.1. The van der Waals surface area contributed by atoms with Gasteiger partial charge in [-0.05, 0) is 32.1 Å². The maximum Gasteiger partial charge on any atom is 0.472 e. The molecule has 38 heavy (non-hydrogen) atoms. The van der Waals surface area contributed by atoms with Gasteiger partial charge in [0.1, 0.15) is 12.7 Å². The number of phosphoric acid groups is 1. The van der Waals surface area contributed by atoms with E-state index in [2.05, 4.69) is 30.5 Å². The molecular formula is C27H51O10P. The van der Waals surface area contributed by atoms with Gasteiger partial charge in [0.2, 0.25) is 0 Å². The van der Waals surface area contributed by atoms with E-state index in [-0.39, 0.29) is 19.4 Å². The molecule has 0 aromatic heterocycles. The highest BCUT2D eigenvalue weighted by atomic mass is 31.2. The van der Waals surface area contributed by atoms with Crippen LogP contribution >= 0.6 is 7.82 Å². The summed E-state index contributed by atoms with van der Waals surface area (Å²) < 4.78 is 32.0. The van der Waals surface area contributed by atoms with Crippen molar-refractivity contribution in [1.29, 1.82) is 0 Å². The first-order chi connectivity index (χ1) is 18.2. The lowest BCUT2D eigenvalue weighted by atomic mass is 10.1. The highest BCUT2D eigenvalue weighted by Crippen LogP contribution is 2.43. The molecule has 0 amide bonds. The Kier molecular flexibility index (Phi) is 23.9. The van der Waals surface area contributed by atoms with Crippen LogP contribution < -0.4 is 0 Å². The Bertz CT molecular complexity index is 670. The van der Waals surface area contributed by atoms with E-state index in [1.165, 1.54) is 12.8 Å². The molecule has 11 heteroatoms. The first-order valence-corrected chi connectivity index (χ1v) is 15.6. The van der Waals surface area contributed by atoms with E-state index < -0.39 is 51.8 Å². The van der Waals surface area contributed by atoms with Gasteiger partial charge in [0.15, 0.2) is 6.10 Å². The van der Waals surface area contributed by atoms with E-state index in [1.54, 1.807) is 0 Å². The standard InChI is InChI=1S/C27H51O10P/c1-3-5-7-9-10-11-12-13-14-15-17-19-27(31)37-25(22-34-26(30)18-16-8-6-4-2)23-36-38(32,33)35-21-24(29)20-28/h9-10,24-25,28-29H,3-8,11-23H2,1-2H3,(H,32,33)/b10-9-. The molecular weight excluding hydrogens is 515 g/mol. The van der Waals surface area contributed by atoms with Gasteiger partial charge in [-0.2, -0.15) is 0 Å². The maximum atomic E-state index is 12.3. The topological polar surface area (TPSA) is 149 Å². The highest BCUT2D eigenvalue weighted by Gasteiger charge is 2.27. The number of carbonyl (C=O) groups excluding carboxylic acids is 2. The van der Waals surface area contributed by atoms with Gasteiger partial charge in [0.05, 0.1) is 19.8 Å². The Morgan fingerprint density at radius 3 is 1.97 bits per heavy atom. The normalized spacial score (nSPS) is 14.8. The lowest BCUT2D eigenvalue weighted by molar-refractivity contribution is -0.161. The number of allylic oxidation sites excluding steroid dienone is 2. The smallest absolute Gasteiger partial charge is 0.462 e. The summed E-state index contributed by atoms with van der Waals surface area (Å²) in [5.74, 6) is -0.960. The van der Waals surface area contributed by atoms with Gasteiger partial charge < -0.3 is 24.6 Å². The number of aliphatic hydroxyl groups is 2. The number of aliphatic hydroxyl groups excluding tert-OH is 2. The zero-order valence-corrected chi connectivity index (χ0v) is 24.3. The molecule has 3 N–H and O–H groups in total. The number of ether oxygens (including phenoxy) is 2. The van der Waals surface area contributed by atoms with Gasteiger partial charge in [-0.15, -0.1) is 0 Å². The zero-order chi connectivity index (χ0) is 28.5. The van der Waals surface area contributed by atoms with Crippen molar-refractivity contribution in [3.63, 3.8) is 0 Å². The van der Waals surface area contributed by atoms with Gasteiger partial charge in [0.25, 0.3) is 0 Å². The van der Waals surface area contributed by atoms with Crippen LogP contribution in [0.3, 0.4) is 0 Å². The minimum Gasteiger partial charge on any atom is -0.462 e. The summed E-state index contributed by atoms with van der Waals surface area (Å²) in [4.78, 5) is 34.1. The lowest BCUT2D eigenvalue weighted by Crippen LogP contribution is -2.29. The second-order valence-electron chi connectivity index (χ2n) is 9.42. The molecule has 0 aliphatic carbocycles. The Morgan fingerprint density at radius 1 is 0.763 bits per heavy atom. The average Bonchev–Trinajstić information content (AvgIpc) is 2.90. The maximum absolute atomic E-state index is 12.3. The minimum atomic E-state index is -4.59. The molecule has 0 heterocycles. The van der Waals surface area contributed by atoms with E-state index in [0.29, 0.717) is 12.8 Å². The van der Waals surface area contributed by atoms with Crippen LogP contribution in [0.25, 0.3) is 0 Å². The van der Waals surface area contributed by atoms with E-state index in [4.69, 9.17) is 19.1 Å². The summed E-state index contributed by atoms with van der Waals surface area (Å²) in [7, 11) is -4.59.